The Morgan fingerprint density at radius 2 is 1.96 bits per heavy atom. The molecule has 0 heterocycles. The number of hydrogen-bond donors (Lipinski definition) is 2. The Kier molecular flexibility index (Phi) is 9.02. The molecule has 1 rings (SSSR count). The average Bonchev–Trinajstić information content (AvgIpc) is 3.03. The Morgan fingerprint density at radius 1 is 1.32 bits per heavy atom. The second-order valence-corrected chi connectivity index (χ2v) is 6.71. The third kappa shape index (κ3) is 8.05. The quantitative estimate of drug-likeness (QED) is 0.331. The van der Waals surface area contributed by atoms with Crippen molar-refractivity contribution < 1.29 is 29.0 Å². The van der Waals surface area contributed by atoms with Gasteiger partial charge in [0.25, 0.3) is 0 Å². The monoisotopic (exact) mass is 353 g/mol. The summed E-state index contributed by atoms with van der Waals surface area (Å²) in [5.74, 6) is -1.77. The van der Waals surface area contributed by atoms with Gasteiger partial charge in [0, 0.05) is 6.42 Å². The Balaban J connectivity index is 2.66. The van der Waals surface area contributed by atoms with Crippen molar-refractivity contribution in [3.05, 3.63) is 5.53 Å². The standard InChI is InChI=1S/C17H27N3O5/c1-11(2)25-15(9-12-5-3-4-6-12)16(22)20-14(17(23)24)8-7-13(21)10-19-18/h10-12,14-15H,3-9H2,1-2H3,(H,20,22)(H,23,24)/t14-,15-/m0/s1. The van der Waals surface area contributed by atoms with E-state index in [0.29, 0.717) is 18.6 Å². The summed E-state index contributed by atoms with van der Waals surface area (Å²) in [5.41, 5.74) is 8.29. The molecule has 2 N–H and O–H groups in total. The molecule has 1 aliphatic carbocycles. The van der Waals surface area contributed by atoms with Crippen LogP contribution in [0.4, 0.5) is 0 Å². The van der Waals surface area contributed by atoms with E-state index in [1.165, 1.54) is 0 Å². The van der Waals surface area contributed by atoms with Crippen LogP contribution in [-0.4, -0.2) is 52.0 Å². The third-order valence-electron chi connectivity index (χ3n) is 4.25. The first kappa shape index (κ1) is 21.0. The lowest BCUT2D eigenvalue weighted by molar-refractivity contribution is -0.146. The van der Waals surface area contributed by atoms with E-state index < -0.39 is 29.8 Å². The highest BCUT2D eigenvalue weighted by Crippen LogP contribution is 2.29. The number of ether oxygens (including phenoxy) is 1. The zero-order chi connectivity index (χ0) is 18.8. The van der Waals surface area contributed by atoms with Crippen LogP contribution < -0.4 is 5.32 Å². The van der Waals surface area contributed by atoms with Gasteiger partial charge in [0.15, 0.2) is 0 Å². The van der Waals surface area contributed by atoms with Crippen molar-refractivity contribution in [2.75, 3.05) is 0 Å². The molecular weight excluding hydrogens is 326 g/mol. The summed E-state index contributed by atoms with van der Waals surface area (Å²) in [6.45, 7) is 3.66. The SMILES string of the molecule is CC(C)O[C@@H](CC1CCCC1)C(=O)N[C@@H](CCC(=O)C=[N+]=[N-])C(=O)O. The van der Waals surface area contributed by atoms with Gasteiger partial charge in [-0.25, -0.2) is 4.79 Å². The van der Waals surface area contributed by atoms with Gasteiger partial charge in [-0.2, -0.15) is 4.79 Å². The van der Waals surface area contributed by atoms with Crippen LogP contribution in [0.5, 0.6) is 0 Å². The highest BCUT2D eigenvalue weighted by atomic mass is 16.5. The maximum Gasteiger partial charge on any atom is 0.326 e. The van der Waals surface area contributed by atoms with Crippen molar-refractivity contribution in [1.29, 1.82) is 0 Å². The normalized spacial score (nSPS) is 16.9. The van der Waals surface area contributed by atoms with Gasteiger partial charge < -0.3 is 20.7 Å². The van der Waals surface area contributed by atoms with Crippen molar-refractivity contribution in [2.24, 2.45) is 5.92 Å². The van der Waals surface area contributed by atoms with Crippen LogP contribution in [0.2, 0.25) is 0 Å². The Morgan fingerprint density at radius 3 is 2.48 bits per heavy atom. The molecular formula is C17H27N3O5. The number of rotatable bonds is 11. The van der Waals surface area contributed by atoms with Gasteiger partial charge in [-0.05, 0) is 32.6 Å². The average molecular weight is 353 g/mol. The number of carboxylic acid groups (broad SMARTS) is 1. The molecule has 0 radical (unpaired) electrons. The number of carboxylic acids is 1. The number of Topliss-reactive ketones (excluding diaryl/α,β-unsaturated/α-hetero) is 1. The van der Waals surface area contributed by atoms with Gasteiger partial charge in [0.2, 0.25) is 11.7 Å². The smallest absolute Gasteiger partial charge is 0.326 e. The number of ketones is 1. The molecule has 1 saturated carbocycles. The Labute approximate surface area is 147 Å². The molecule has 0 saturated heterocycles. The number of aliphatic carboxylic acids is 1. The van der Waals surface area contributed by atoms with Crippen LogP contribution in [-0.2, 0) is 19.1 Å². The first-order chi connectivity index (χ1) is 11.8. The van der Waals surface area contributed by atoms with Crippen molar-refractivity contribution in [3.63, 3.8) is 0 Å². The molecule has 140 valence electrons. The molecule has 0 bridgehead atoms. The number of amides is 1. The van der Waals surface area contributed by atoms with Crippen molar-refractivity contribution in [3.8, 4) is 0 Å². The summed E-state index contributed by atoms with van der Waals surface area (Å²) in [5, 5.41) is 11.7. The van der Waals surface area contributed by atoms with E-state index in [-0.39, 0.29) is 18.9 Å². The molecule has 0 unspecified atom stereocenters. The Hall–Kier alpha value is -2.05. The van der Waals surface area contributed by atoms with Gasteiger partial charge in [-0.1, -0.05) is 25.7 Å². The van der Waals surface area contributed by atoms with Crippen LogP contribution in [0.25, 0.3) is 5.53 Å². The number of carbonyl (C=O) groups is 3. The van der Waals surface area contributed by atoms with E-state index in [9.17, 15) is 19.5 Å². The minimum Gasteiger partial charge on any atom is -0.480 e. The van der Waals surface area contributed by atoms with Gasteiger partial charge in [0.1, 0.15) is 12.1 Å². The van der Waals surface area contributed by atoms with Crippen LogP contribution in [0.15, 0.2) is 0 Å². The van der Waals surface area contributed by atoms with Gasteiger partial charge >= 0.3 is 12.2 Å². The van der Waals surface area contributed by atoms with Crippen molar-refractivity contribution in [1.82, 2.24) is 5.32 Å². The van der Waals surface area contributed by atoms with Crippen LogP contribution in [0.1, 0.15) is 58.8 Å². The number of nitrogens with one attached hydrogen (secondary N) is 1. The lowest BCUT2D eigenvalue weighted by Crippen LogP contribution is -2.47. The molecule has 2 atom stereocenters. The van der Waals surface area contributed by atoms with Crippen molar-refractivity contribution >= 4 is 23.9 Å². The van der Waals surface area contributed by atoms with Gasteiger partial charge in [-0.15, -0.1) is 0 Å². The molecule has 0 aliphatic heterocycles. The molecule has 8 nitrogen and oxygen atoms in total. The topological polar surface area (TPSA) is 129 Å². The van der Waals surface area contributed by atoms with E-state index in [2.05, 4.69) is 10.1 Å². The Bertz CT molecular complexity index is 522. The maximum atomic E-state index is 12.5. The zero-order valence-electron chi connectivity index (χ0n) is 14.8. The molecule has 8 heteroatoms. The molecule has 1 fully saturated rings. The summed E-state index contributed by atoms with van der Waals surface area (Å²) in [6.07, 6.45) is 4.63. The van der Waals surface area contributed by atoms with Gasteiger partial charge in [-0.3, -0.25) is 9.59 Å². The fourth-order valence-electron chi connectivity index (χ4n) is 3.04. The number of carbonyl (C=O) groups excluding carboxylic acids is 2. The largest absolute Gasteiger partial charge is 0.480 e. The molecule has 1 amide bonds. The fraction of sp³-hybridized carbons (Fsp3) is 0.765. The molecule has 1 aliphatic rings. The first-order valence-corrected chi connectivity index (χ1v) is 8.72. The second-order valence-electron chi connectivity index (χ2n) is 6.71. The van der Waals surface area contributed by atoms with Crippen molar-refractivity contribution in [2.45, 2.75) is 77.0 Å². The van der Waals surface area contributed by atoms with E-state index >= 15 is 0 Å². The summed E-state index contributed by atoms with van der Waals surface area (Å²) in [6, 6.07) is -1.19. The summed E-state index contributed by atoms with van der Waals surface area (Å²) in [7, 11) is 0. The van der Waals surface area contributed by atoms with Gasteiger partial charge in [0.05, 0.1) is 6.10 Å². The highest BCUT2D eigenvalue weighted by molar-refractivity contribution is 6.25. The van der Waals surface area contributed by atoms with E-state index in [1.807, 2.05) is 13.8 Å². The molecule has 0 spiro atoms. The molecule has 0 aromatic carbocycles. The number of hydrogen-bond acceptors (Lipinski definition) is 4. The first-order valence-electron chi connectivity index (χ1n) is 8.72. The molecule has 0 aromatic heterocycles. The predicted octanol–water partition coefficient (Wildman–Crippen LogP) is 1.58. The van der Waals surface area contributed by atoms with E-state index in [4.69, 9.17) is 10.3 Å². The van der Waals surface area contributed by atoms with E-state index in [0.717, 1.165) is 25.7 Å². The summed E-state index contributed by atoms with van der Waals surface area (Å²) >= 11 is 0. The lowest BCUT2D eigenvalue weighted by atomic mass is 9.99. The number of nitrogens with zero attached hydrogens (tertiary/aromatic N) is 2. The third-order valence-corrected chi connectivity index (χ3v) is 4.25. The fourth-order valence-corrected chi connectivity index (χ4v) is 3.04. The van der Waals surface area contributed by atoms with Crippen LogP contribution >= 0.6 is 0 Å². The zero-order valence-corrected chi connectivity index (χ0v) is 14.8. The highest BCUT2D eigenvalue weighted by Gasteiger charge is 2.30. The van der Waals surface area contributed by atoms with Crippen LogP contribution in [0.3, 0.4) is 0 Å². The summed E-state index contributed by atoms with van der Waals surface area (Å²) in [4.78, 5) is 37.8. The maximum absolute atomic E-state index is 12.5. The minimum absolute atomic E-state index is 0.0796. The molecule has 25 heavy (non-hydrogen) atoms. The lowest BCUT2D eigenvalue weighted by Gasteiger charge is -2.24. The molecule has 0 aromatic rings. The van der Waals surface area contributed by atoms with Crippen LogP contribution in [0, 0.1) is 5.92 Å². The summed E-state index contributed by atoms with van der Waals surface area (Å²) < 4.78 is 5.69. The minimum atomic E-state index is -1.22. The van der Waals surface area contributed by atoms with E-state index in [1.54, 1.807) is 0 Å². The second kappa shape index (κ2) is 10.7. The predicted molar refractivity (Wildman–Crippen MR) is 90.1 cm³/mol.